The molecule has 1 rings (SSSR count). The maximum atomic E-state index is 12.6. The Balaban J connectivity index is 2.59. The van der Waals surface area contributed by atoms with Gasteiger partial charge >= 0.3 is 0 Å². The summed E-state index contributed by atoms with van der Waals surface area (Å²) in [6.45, 7) is 9.52. The van der Waals surface area contributed by atoms with E-state index >= 15 is 0 Å². The van der Waals surface area contributed by atoms with Gasteiger partial charge in [-0.25, -0.2) is 0 Å². The minimum Gasteiger partial charge on any atom is -0.466 e. The number of hydrogen-bond acceptors (Lipinski definition) is 3. The molecule has 0 aliphatic heterocycles. The van der Waals surface area contributed by atoms with Gasteiger partial charge in [0.25, 0.3) is 5.91 Å². The summed E-state index contributed by atoms with van der Waals surface area (Å²) in [6.07, 6.45) is 3.24. The number of nitrogens with zero attached hydrogens (tertiary/aromatic N) is 1. The predicted molar refractivity (Wildman–Crippen MR) is 86.9 cm³/mol. The first-order chi connectivity index (χ1) is 10.5. The predicted octanol–water partition coefficient (Wildman–Crippen LogP) is 3.06. The van der Waals surface area contributed by atoms with Crippen LogP contribution in [-0.2, 0) is 4.79 Å². The summed E-state index contributed by atoms with van der Waals surface area (Å²) < 4.78 is 5.43. The highest BCUT2D eigenvalue weighted by Gasteiger charge is 2.20. The van der Waals surface area contributed by atoms with E-state index < -0.39 is 0 Å². The molecule has 0 saturated carbocycles. The topological polar surface area (TPSA) is 62.6 Å². The van der Waals surface area contributed by atoms with Crippen molar-refractivity contribution < 1.29 is 14.0 Å². The Labute approximate surface area is 133 Å². The molecule has 5 heteroatoms. The average molecular weight is 308 g/mol. The van der Waals surface area contributed by atoms with Crippen LogP contribution in [0.4, 0.5) is 0 Å². The summed E-state index contributed by atoms with van der Waals surface area (Å²) in [4.78, 5) is 26.1. The van der Waals surface area contributed by atoms with Crippen molar-refractivity contribution in [1.29, 1.82) is 0 Å². The van der Waals surface area contributed by atoms with E-state index in [0.29, 0.717) is 37.4 Å². The first-order valence-corrected chi connectivity index (χ1v) is 8.12. The van der Waals surface area contributed by atoms with Gasteiger partial charge in [-0.3, -0.25) is 9.59 Å². The average Bonchev–Trinajstić information content (AvgIpc) is 2.81. The number of furan rings is 1. The van der Waals surface area contributed by atoms with Crippen LogP contribution in [0.1, 0.15) is 61.4 Å². The van der Waals surface area contributed by atoms with E-state index in [1.807, 2.05) is 13.8 Å². The molecule has 5 nitrogen and oxygen atoms in total. The van der Waals surface area contributed by atoms with Crippen LogP contribution in [0.25, 0.3) is 0 Å². The van der Waals surface area contributed by atoms with Crippen LogP contribution < -0.4 is 5.32 Å². The molecule has 0 aliphatic carbocycles. The Morgan fingerprint density at radius 1 is 1.18 bits per heavy atom. The van der Waals surface area contributed by atoms with E-state index in [1.54, 1.807) is 17.9 Å². The van der Waals surface area contributed by atoms with Crippen molar-refractivity contribution in [2.45, 2.75) is 53.4 Å². The molecule has 0 aromatic carbocycles. The Morgan fingerprint density at radius 2 is 1.91 bits per heavy atom. The van der Waals surface area contributed by atoms with E-state index in [2.05, 4.69) is 12.2 Å². The van der Waals surface area contributed by atoms with Gasteiger partial charge < -0.3 is 14.6 Å². The van der Waals surface area contributed by atoms with Gasteiger partial charge in [0.15, 0.2) is 0 Å². The molecule has 0 saturated heterocycles. The van der Waals surface area contributed by atoms with Crippen molar-refractivity contribution in [3.8, 4) is 0 Å². The summed E-state index contributed by atoms with van der Waals surface area (Å²) in [5.41, 5.74) is 0.595. The summed E-state index contributed by atoms with van der Waals surface area (Å²) in [5, 5.41) is 2.88. The fourth-order valence-electron chi connectivity index (χ4n) is 2.33. The van der Waals surface area contributed by atoms with Gasteiger partial charge in [0.2, 0.25) is 5.91 Å². The molecule has 0 fully saturated rings. The highest BCUT2D eigenvalue weighted by molar-refractivity contribution is 5.95. The molecule has 2 amide bonds. The lowest BCUT2D eigenvalue weighted by molar-refractivity contribution is -0.121. The Morgan fingerprint density at radius 3 is 2.45 bits per heavy atom. The lowest BCUT2D eigenvalue weighted by atomic mass is 10.2. The van der Waals surface area contributed by atoms with Crippen LogP contribution >= 0.6 is 0 Å². The summed E-state index contributed by atoms with van der Waals surface area (Å²) in [6, 6.07) is 1.77. The molecule has 0 spiro atoms. The minimum atomic E-state index is -0.0578. The van der Waals surface area contributed by atoms with Crippen molar-refractivity contribution in [3.05, 3.63) is 23.2 Å². The number of unbranched alkanes of at least 4 members (excludes halogenated alkanes) is 1. The zero-order valence-corrected chi connectivity index (χ0v) is 14.2. The minimum absolute atomic E-state index is 0.00227. The van der Waals surface area contributed by atoms with Gasteiger partial charge in [-0.15, -0.1) is 0 Å². The van der Waals surface area contributed by atoms with Gasteiger partial charge in [-0.2, -0.15) is 0 Å². The van der Waals surface area contributed by atoms with Gasteiger partial charge in [-0.05, 0) is 32.8 Å². The van der Waals surface area contributed by atoms with Crippen LogP contribution in [0.15, 0.2) is 10.5 Å². The quantitative estimate of drug-likeness (QED) is 0.713. The zero-order chi connectivity index (χ0) is 16.5. The Kier molecular flexibility index (Phi) is 7.71. The lowest BCUT2D eigenvalue weighted by Gasteiger charge is -2.21. The number of carbonyl (C=O) groups is 2. The summed E-state index contributed by atoms with van der Waals surface area (Å²) in [5.74, 6) is 1.31. The maximum absolute atomic E-state index is 12.6. The van der Waals surface area contributed by atoms with Gasteiger partial charge in [0, 0.05) is 26.1 Å². The molecule has 0 aliphatic rings. The molecule has 22 heavy (non-hydrogen) atoms. The monoisotopic (exact) mass is 308 g/mol. The molecule has 0 radical (unpaired) electrons. The molecular weight excluding hydrogens is 280 g/mol. The molecule has 1 heterocycles. The molecule has 1 aromatic heterocycles. The first-order valence-electron chi connectivity index (χ1n) is 8.12. The smallest absolute Gasteiger partial charge is 0.257 e. The first kappa shape index (κ1) is 18.3. The van der Waals surface area contributed by atoms with E-state index in [-0.39, 0.29) is 11.8 Å². The third kappa shape index (κ3) is 5.54. The fraction of sp³-hybridized carbons (Fsp3) is 0.647. The standard InChI is InChI=1S/C17H28N2O3/c1-5-7-9-18-16(20)8-11-19(10-6-2)17(21)15-12-13(3)22-14(15)4/h12H,5-11H2,1-4H3,(H,18,20). The number of nitrogens with one attached hydrogen (secondary N) is 1. The maximum Gasteiger partial charge on any atom is 0.257 e. The van der Waals surface area contributed by atoms with Crippen molar-refractivity contribution >= 4 is 11.8 Å². The second-order valence-electron chi connectivity index (χ2n) is 5.57. The van der Waals surface area contributed by atoms with E-state index in [9.17, 15) is 9.59 Å². The van der Waals surface area contributed by atoms with Crippen molar-refractivity contribution in [2.75, 3.05) is 19.6 Å². The van der Waals surface area contributed by atoms with Gasteiger partial charge in [0.05, 0.1) is 5.56 Å². The second-order valence-corrected chi connectivity index (χ2v) is 5.57. The molecular formula is C17H28N2O3. The van der Waals surface area contributed by atoms with Crippen molar-refractivity contribution in [1.82, 2.24) is 10.2 Å². The fourth-order valence-corrected chi connectivity index (χ4v) is 2.33. The van der Waals surface area contributed by atoms with E-state index in [4.69, 9.17) is 4.42 Å². The van der Waals surface area contributed by atoms with E-state index in [0.717, 1.165) is 25.0 Å². The molecule has 124 valence electrons. The molecule has 0 atom stereocenters. The highest BCUT2D eigenvalue weighted by Crippen LogP contribution is 2.16. The largest absolute Gasteiger partial charge is 0.466 e. The zero-order valence-electron chi connectivity index (χ0n) is 14.2. The van der Waals surface area contributed by atoms with Crippen LogP contribution in [0.2, 0.25) is 0 Å². The second kappa shape index (κ2) is 9.28. The SMILES string of the molecule is CCCCNC(=O)CCN(CCC)C(=O)c1cc(C)oc1C. The van der Waals surface area contributed by atoms with Crippen molar-refractivity contribution in [3.63, 3.8) is 0 Å². The molecule has 0 bridgehead atoms. The summed E-state index contributed by atoms with van der Waals surface area (Å²) >= 11 is 0. The molecule has 1 aromatic rings. The third-order valence-corrected chi connectivity index (χ3v) is 3.51. The van der Waals surface area contributed by atoms with Crippen LogP contribution in [0.3, 0.4) is 0 Å². The van der Waals surface area contributed by atoms with Crippen LogP contribution in [0.5, 0.6) is 0 Å². The lowest BCUT2D eigenvalue weighted by Crippen LogP contribution is -2.36. The van der Waals surface area contributed by atoms with Crippen LogP contribution in [-0.4, -0.2) is 36.3 Å². The number of hydrogen-bond donors (Lipinski definition) is 1. The number of aryl methyl sites for hydroxylation is 2. The van der Waals surface area contributed by atoms with E-state index in [1.165, 1.54) is 0 Å². The molecule has 1 N–H and O–H groups in total. The normalized spacial score (nSPS) is 10.5. The van der Waals surface area contributed by atoms with Gasteiger partial charge in [0.1, 0.15) is 11.5 Å². The van der Waals surface area contributed by atoms with Gasteiger partial charge in [-0.1, -0.05) is 20.3 Å². The summed E-state index contributed by atoms with van der Waals surface area (Å²) in [7, 11) is 0. The molecule has 0 unspecified atom stereocenters. The Bertz CT molecular complexity index is 494. The van der Waals surface area contributed by atoms with Crippen molar-refractivity contribution in [2.24, 2.45) is 0 Å². The number of amides is 2. The Hall–Kier alpha value is -1.78. The third-order valence-electron chi connectivity index (χ3n) is 3.51. The number of carbonyl (C=O) groups excluding carboxylic acids is 2. The highest BCUT2D eigenvalue weighted by atomic mass is 16.3. The number of rotatable bonds is 9. The van der Waals surface area contributed by atoms with Crippen LogP contribution in [0, 0.1) is 13.8 Å².